The Bertz CT molecular complexity index is 413. The zero-order valence-electron chi connectivity index (χ0n) is 10.6. The summed E-state index contributed by atoms with van der Waals surface area (Å²) in [6.45, 7) is 6.32. The van der Waals surface area contributed by atoms with E-state index in [0.717, 1.165) is 31.3 Å². The highest BCUT2D eigenvalue weighted by Crippen LogP contribution is 2.10. The minimum Gasteiger partial charge on any atom is -0.368 e. The lowest BCUT2D eigenvalue weighted by Crippen LogP contribution is -2.19. The van der Waals surface area contributed by atoms with Crippen LogP contribution in [-0.2, 0) is 0 Å². The van der Waals surface area contributed by atoms with E-state index in [4.69, 9.17) is 0 Å². The van der Waals surface area contributed by atoms with Crippen molar-refractivity contribution in [1.29, 1.82) is 0 Å². The largest absolute Gasteiger partial charge is 0.368 e. The summed E-state index contributed by atoms with van der Waals surface area (Å²) in [5, 5.41) is 3.28. The number of rotatable bonds is 4. The number of benzene rings is 1. The molecule has 0 spiro atoms. The highest BCUT2D eigenvalue weighted by atomic mass is 15.1. The first-order chi connectivity index (χ1) is 8.25. The predicted octanol–water partition coefficient (Wildman–Crippen LogP) is 3.10. The van der Waals surface area contributed by atoms with E-state index in [-0.39, 0.29) is 0 Å². The van der Waals surface area contributed by atoms with Gasteiger partial charge in [-0.25, -0.2) is 0 Å². The Morgan fingerprint density at radius 1 is 1.29 bits per heavy atom. The molecule has 0 saturated carbocycles. The van der Waals surface area contributed by atoms with Crippen LogP contribution < -0.4 is 5.32 Å². The number of allylic oxidation sites excluding steroid dienone is 1. The highest BCUT2D eigenvalue weighted by Gasteiger charge is 2.06. The van der Waals surface area contributed by atoms with Crippen molar-refractivity contribution in [1.82, 2.24) is 5.32 Å². The normalized spacial score (nSPS) is 15.4. The van der Waals surface area contributed by atoms with Gasteiger partial charge < -0.3 is 5.32 Å². The van der Waals surface area contributed by atoms with Gasteiger partial charge in [-0.15, -0.1) is 0 Å². The van der Waals surface area contributed by atoms with Gasteiger partial charge in [0.15, 0.2) is 0 Å². The Labute approximate surface area is 103 Å². The van der Waals surface area contributed by atoms with E-state index in [1.165, 1.54) is 11.1 Å². The fourth-order valence-electron chi connectivity index (χ4n) is 1.82. The smallest absolute Gasteiger partial charge is 0.128 e. The fraction of sp³-hybridized carbons (Fsp3) is 0.400. The van der Waals surface area contributed by atoms with E-state index in [1.807, 2.05) is 0 Å². The number of nitrogens with zero attached hydrogens (tertiary/aromatic N) is 1. The molecule has 1 aromatic carbocycles. The molecule has 0 unspecified atom stereocenters. The minimum atomic E-state index is 0.725. The minimum absolute atomic E-state index is 0.725. The summed E-state index contributed by atoms with van der Waals surface area (Å²) in [5.74, 6) is 1.75. The Hall–Kier alpha value is -1.57. The molecule has 0 atom stereocenters. The first kappa shape index (κ1) is 11.9. The topological polar surface area (TPSA) is 24.4 Å². The lowest BCUT2D eigenvalue weighted by Gasteiger charge is -2.02. The van der Waals surface area contributed by atoms with Crippen LogP contribution in [0.4, 0.5) is 0 Å². The highest BCUT2D eigenvalue weighted by molar-refractivity contribution is 5.99. The maximum absolute atomic E-state index is 4.41. The van der Waals surface area contributed by atoms with Crippen LogP contribution in [0.15, 0.2) is 35.3 Å². The van der Waals surface area contributed by atoms with Crippen LogP contribution in [-0.4, -0.2) is 18.9 Å². The molecule has 1 aliphatic rings. The van der Waals surface area contributed by atoms with Gasteiger partial charge in [0.05, 0.1) is 6.54 Å². The van der Waals surface area contributed by atoms with Gasteiger partial charge in [-0.05, 0) is 17.9 Å². The number of aliphatic imine (C=N–C) groups is 1. The number of hydrogen-bond acceptors (Lipinski definition) is 2. The van der Waals surface area contributed by atoms with Gasteiger partial charge in [0, 0.05) is 12.1 Å². The third-order valence-corrected chi connectivity index (χ3v) is 2.78. The second-order valence-electron chi connectivity index (χ2n) is 4.81. The average Bonchev–Trinajstić information content (AvgIpc) is 2.83. The summed E-state index contributed by atoms with van der Waals surface area (Å²) in [4.78, 5) is 4.41. The van der Waals surface area contributed by atoms with Gasteiger partial charge in [-0.3, -0.25) is 4.99 Å². The molecule has 0 aromatic heterocycles. The molecule has 2 rings (SSSR count). The molecule has 2 nitrogen and oxygen atoms in total. The lowest BCUT2D eigenvalue weighted by atomic mass is 10.1. The standard InChI is InChI=1S/C15H20N2/c1-12(2)4-3-5-13-6-8-14(9-7-13)15-16-10-11-17-15/h3,5-9,12H,4,10-11H2,1-2H3,(H,16,17). The van der Waals surface area contributed by atoms with Crippen molar-refractivity contribution < 1.29 is 0 Å². The second-order valence-corrected chi connectivity index (χ2v) is 4.81. The summed E-state index contributed by atoms with van der Waals surface area (Å²) in [7, 11) is 0. The van der Waals surface area contributed by atoms with Crippen LogP contribution >= 0.6 is 0 Å². The Kier molecular flexibility index (Phi) is 3.97. The van der Waals surface area contributed by atoms with Crippen molar-refractivity contribution >= 4 is 11.9 Å². The number of nitrogens with one attached hydrogen (secondary N) is 1. The molecule has 90 valence electrons. The lowest BCUT2D eigenvalue weighted by molar-refractivity contribution is 0.665. The Morgan fingerprint density at radius 3 is 2.65 bits per heavy atom. The van der Waals surface area contributed by atoms with Crippen LogP contribution in [0.25, 0.3) is 6.08 Å². The quantitative estimate of drug-likeness (QED) is 0.841. The second kappa shape index (κ2) is 5.67. The fourth-order valence-corrected chi connectivity index (χ4v) is 1.82. The van der Waals surface area contributed by atoms with Gasteiger partial charge >= 0.3 is 0 Å². The van der Waals surface area contributed by atoms with Gasteiger partial charge in [0.25, 0.3) is 0 Å². The first-order valence-electron chi connectivity index (χ1n) is 6.31. The van der Waals surface area contributed by atoms with Crippen LogP contribution in [0.2, 0.25) is 0 Å². The summed E-state index contributed by atoms with van der Waals surface area (Å²) < 4.78 is 0. The molecular weight excluding hydrogens is 208 g/mol. The maximum Gasteiger partial charge on any atom is 0.128 e. The molecule has 0 bridgehead atoms. The molecule has 0 saturated heterocycles. The molecule has 0 amide bonds. The van der Waals surface area contributed by atoms with Gasteiger partial charge in [-0.1, -0.05) is 50.3 Å². The molecule has 17 heavy (non-hydrogen) atoms. The molecule has 0 radical (unpaired) electrons. The molecule has 1 N–H and O–H groups in total. The molecule has 1 aromatic rings. The van der Waals surface area contributed by atoms with E-state index in [1.54, 1.807) is 0 Å². The molecule has 0 aliphatic carbocycles. The molecule has 1 heterocycles. The predicted molar refractivity (Wildman–Crippen MR) is 74.3 cm³/mol. The van der Waals surface area contributed by atoms with Crippen molar-refractivity contribution in [3.63, 3.8) is 0 Å². The molecule has 0 fully saturated rings. The molecular formula is C15H20N2. The van der Waals surface area contributed by atoms with Crippen molar-refractivity contribution in [2.75, 3.05) is 13.1 Å². The van der Waals surface area contributed by atoms with Crippen molar-refractivity contribution in [2.24, 2.45) is 10.9 Å². The van der Waals surface area contributed by atoms with Crippen LogP contribution in [0.1, 0.15) is 31.4 Å². The summed E-state index contributed by atoms with van der Waals surface area (Å²) in [6.07, 6.45) is 5.56. The average molecular weight is 228 g/mol. The zero-order valence-corrected chi connectivity index (χ0v) is 10.6. The van der Waals surface area contributed by atoms with Gasteiger partial charge in [-0.2, -0.15) is 0 Å². The zero-order chi connectivity index (χ0) is 12.1. The van der Waals surface area contributed by atoms with Crippen LogP contribution in [0, 0.1) is 5.92 Å². The summed E-state index contributed by atoms with van der Waals surface area (Å²) >= 11 is 0. The first-order valence-corrected chi connectivity index (χ1v) is 6.31. The third-order valence-electron chi connectivity index (χ3n) is 2.78. The number of hydrogen-bond donors (Lipinski definition) is 1. The van der Waals surface area contributed by atoms with Crippen LogP contribution in [0.5, 0.6) is 0 Å². The summed E-state index contributed by atoms with van der Waals surface area (Å²) in [6, 6.07) is 8.56. The van der Waals surface area contributed by atoms with Gasteiger partial charge in [0.1, 0.15) is 5.84 Å². The number of amidine groups is 1. The summed E-state index contributed by atoms with van der Waals surface area (Å²) in [5.41, 5.74) is 2.44. The van der Waals surface area contributed by atoms with E-state index in [2.05, 4.69) is 60.6 Å². The Balaban J connectivity index is 2.00. The van der Waals surface area contributed by atoms with Crippen molar-refractivity contribution in [3.8, 4) is 0 Å². The third kappa shape index (κ3) is 3.45. The SMILES string of the molecule is CC(C)CC=Cc1ccc(C2=NCCN2)cc1. The Morgan fingerprint density at radius 2 is 2.06 bits per heavy atom. The molecule has 2 heteroatoms. The van der Waals surface area contributed by atoms with Crippen LogP contribution in [0.3, 0.4) is 0 Å². The van der Waals surface area contributed by atoms with Gasteiger partial charge in [0.2, 0.25) is 0 Å². The monoisotopic (exact) mass is 228 g/mol. The van der Waals surface area contributed by atoms with Crippen molar-refractivity contribution in [2.45, 2.75) is 20.3 Å². The van der Waals surface area contributed by atoms with E-state index in [0.29, 0.717) is 0 Å². The maximum atomic E-state index is 4.41. The van der Waals surface area contributed by atoms with E-state index in [9.17, 15) is 0 Å². The van der Waals surface area contributed by atoms with E-state index < -0.39 is 0 Å². The van der Waals surface area contributed by atoms with Crippen molar-refractivity contribution in [3.05, 3.63) is 41.5 Å². The van der Waals surface area contributed by atoms with E-state index >= 15 is 0 Å². The molecule has 1 aliphatic heterocycles.